The fraction of sp³-hybridized carbons (Fsp3) is 0.214. The molecule has 0 amide bonds. The molecule has 0 atom stereocenters. The first kappa shape index (κ1) is 13.3. The Morgan fingerprint density at radius 2 is 1.84 bits per heavy atom. The highest BCUT2D eigenvalue weighted by Crippen LogP contribution is 2.31. The highest BCUT2D eigenvalue weighted by molar-refractivity contribution is 5.40. The van der Waals surface area contributed by atoms with Crippen molar-refractivity contribution in [3.05, 3.63) is 47.5 Å². The lowest BCUT2D eigenvalue weighted by atomic mass is 10.0. The van der Waals surface area contributed by atoms with Crippen molar-refractivity contribution in [1.82, 2.24) is 4.98 Å². The van der Waals surface area contributed by atoms with E-state index in [0.717, 1.165) is 5.56 Å². The van der Waals surface area contributed by atoms with Crippen LogP contribution in [-0.2, 0) is 0 Å². The summed E-state index contributed by atoms with van der Waals surface area (Å²) in [6.45, 7) is 3.98. The van der Waals surface area contributed by atoms with E-state index in [-0.39, 0.29) is 11.8 Å². The Labute approximate surface area is 110 Å². The quantitative estimate of drug-likeness (QED) is 0.915. The number of ether oxygens (including phenoxy) is 1. The zero-order chi connectivity index (χ0) is 14.0. The molecule has 100 valence electrons. The van der Waals surface area contributed by atoms with E-state index in [1.54, 1.807) is 12.1 Å². The van der Waals surface area contributed by atoms with E-state index in [2.05, 4.69) is 4.98 Å². The third-order valence-electron chi connectivity index (χ3n) is 2.67. The number of nitrogen functional groups attached to an aromatic ring is 1. The predicted octanol–water partition coefficient (Wildman–Crippen LogP) is 3.86. The van der Waals surface area contributed by atoms with Crippen LogP contribution in [0.15, 0.2) is 30.3 Å². The van der Waals surface area contributed by atoms with E-state index in [0.29, 0.717) is 11.8 Å². The minimum Gasteiger partial charge on any atom is -0.436 e. The minimum absolute atomic E-state index is 0.206. The lowest BCUT2D eigenvalue weighted by Crippen LogP contribution is -2.01. The molecule has 0 saturated carbocycles. The summed E-state index contributed by atoms with van der Waals surface area (Å²) in [4.78, 5) is 3.57. The first-order valence-electron chi connectivity index (χ1n) is 5.87. The smallest absolute Gasteiger partial charge is 0.258 e. The molecular weight excluding hydrogens is 250 g/mol. The zero-order valence-corrected chi connectivity index (χ0v) is 10.7. The molecule has 1 heterocycles. The second-order valence-electron chi connectivity index (χ2n) is 4.44. The second-order valence-corrected chi connectivity index (χ2v) is 4.44. The van der Waals surface area contributed by atoms with Gasteiger partial charge in [-0.05, 0) is 17.5 Å². The average molecular weight is 264 g/mol. The fourth-order valence-corrected chi connectivity index (χ4v) is 1.69. The number of nitrogens with zero attached hydrogens (tertiary/aromatic N) is 1. The normalized spacial score (nSPS) is 10.8. The van der Waals surface area contributed by atoms with Gasteiger partial charge >= 0.3 is 0 Å². The lowest BCUT2D eigenvalue weighted by molar-refractivity contribution is 0.413. The number of rotatable bonds is 3. The highest BCUT2D eigenvalue weighted by atomic mass is 19.1. The monoisotopic (exact) mass is 264 g/mol. The number of hydrogen-bond acceptors (Lipinski definition) is 3. The molecule has 2 aromatic rings. The van der Waals surface area contributed by atoms with Gasteiger partial charge in [0.2, 0.25) is 0 Å². The number of pyridine rings is 1. The SMILES string of the molecule is CC(C)c1ccccc1Oc1nc(N)c(F)cc1F. The molecule has 0 aliphatic heterocycles. The van der Waals surface area contributed by atoms with Crippen LogP contribution in [0.5, 0.6) is 11.6 Å². The molecule has 1 aromatic heterocycles. The van der Waals surface area contributed by atoms with Gasteiger partial charge in [-0.2, -0.15) is 4.98 Å². The van der Waals surface area contributed by atoms with Gasteiger partial charge in [0.25, 0.3) is 5.88 Å². The van der Waals surface area contributed by atoms with Crippen molar-refractivity contribution in [2.75, 3.05) is 5.73 Å². The standard InChI is InChI=1S/C14H14F2N2O/c1-8(2)9-5-3-4-6-12(9)19-14-11(16)7-10(15)13(17)18-14/h3-8H,1-2H3,(H2,17,18). The summed E-state index contributed by atoms with van der Waals surface area (Å²) < 4.78 is 32.0. The second kappa shape index (κ2) is 5.22. The summed E-state index contributed by atoms with van der Waals surface area (Å²) in [5, 5.41) is 0. The number of aromatic nitrogens is 1. The van der Waals surface area contributed by atoms with Crippen LogP contribution in [0.3, 0.4) is 0 Å². The summed E-state index contributed by atoms with van der Waals surface area (Å²) in [6, 6.07) is 7.88. The van der Waals surface area contributed by atoms with Crippen molar-refractivity contribution in [2.45, 2.75) is 19.8 Å². The number of anilines is 1. The van der Waals surface area contributed by atoms with E-state index in [4.69, 9.17) is 10.5 Å². The average Bonchev–Trinajstić information content (AvgIpc) is 2.36. The van der Waals surface area contributed by atoms with Gasteiger partial charge in [-0.15, -0.1) is 0 Å². The Morgan fingerprint density at radius 3 is 2.53 bits per heavy atom. The maximum absolute atomic E-state index is 13.6. The van der Waals surface area contributed by atoms with Gasteiger partial charge < -0.3 is 10.5 Å². The van der Waals surface area contributed by atoms with Gasteiger partial charge in [0, 0.05) is 6.07 Å². The van der Waals surface area contributed by atoms with Crippen LogP contribution >= 0.6 is 0 Å². The Hall–Kier alpha value is -2.17. The molecule has 0 aliphatic carbocycles. The molecule has 0 bridgehead atoms. The maximum Gasteiger partial charge on any atom is 0.258 e. The first-order chi connectivity index (χ1) is 8.99. The number of halogens is 2. The lowest BCUT2D eigenvalue weighted by Gasteiger charge is -2.13. The molecule has 1 aromatic carbocycles. The Bertz CT molecular complexity index is 600. The molecule has 0 unspecified atom stereocenters. The molecule has 2 rings (SSSR count). The van der Waals surface area contributed by atoms with Crippen LogP contribution in [0, 0.1) is 11.6 Å². The largest absolute Gasteiger partial charge is 0.436 e. The van der Waals surface area contributed by atoms with E-state index in [1.165, 1.54) is 0 Å². The van der Waals surface area contributed by atoms with Crippen molar-refractivity contribution in [3.63, 3.8) is 0 Å². The Kier molecular flexibility index (Phi) is 3.64. The highest BCUT2D eigenvalue weighted by Gasteiger charge is 2.14. The van der Waals surface area contributed by atoms with E-state index in [1.807, 2.05) is 26.0 Å². The van der Waals surface area contributed by atoms with Gasteiger partial charge in [-0.1, -0.05) is 32.0 Å². The molecular formula is C14H14F2N2O. The van der Waals surface area contributed by atoms with E-state index < -0.39 is 17.5 Å². The number of hydrogen-bond donors (Lipinski definition) is 1. The van der Waals surface area contributed by atoms with Crippen molar-refractivity contribution in [3.8, 4) is 11.6 Å². The first-order valence-corrected chi connectivity index (χ1v) is 5.87. The minimum atomic E-state index is -0.901. The van der Waals surface area contributed by atoms with Crippen molar-refractivity contribution in [1.29, 1.82) is 0 Å². The predicted molar refractivity (Wildman–Crippen MR) is 69.2 cm³/mol. The van der Waals surface area contributed by atoms with E-state index >= 15 is 0 Å². The fourth-order valence-electron chi connectivity index (χ4n) is 1.69. The summed E-state index contributed by atoms with van der Waals surface area (Å²) >= 11 is 0. The third-order valence-corrected chi connectivity index (χ3v) is 2.67. The van der Waals surface area contributed by atoms with Crippen LogP contribution in [0.2, 0.25) is 0 Å². The Morgan fingerprint density at radius 1 is 1.16 bits per heavy atom. The van der Waals surface area contributed by atoms with Gasteiger partial charge in [0.05, 0.1) is 0 Å². The number of para-hydroxylation sites is 1. The van der Waals surface area contributed by atoms with Crippen LogP contribution < -0.4 is 10.5 Å². The number of benzene rings is 1. The third kappa shape index (κ3) is 2.81. The summed E-state index contributed by atoms with van der Waals surface area (Å²) in [7, 11) is 0. The van der Waals surface area contributed by atoms with Gasteiger partial charge in [-0.3, -0.25) is 0 Å². The maximum atomic E-state index is 13.6. The molecule has 19 heavy (non-hydrogen) atoms. The molecule has 0 radical (unpaired) electrons. The van der Waals surface area contributed by atoms with Gasteiger partial charge in [0.15, 0.2) is 17.5 Å². The Balaban J connectivity index is 2.39. The van der Waals surface area contributed by atoms with E-state index in [9.17, 15) is 8.78 Å². The van der Waals surface area contributed by atoms with Crippen molar-refractivity contribution in [2.24, 2.45) is 0 Å². The molecule has 0 fully saturated rings. The van der Waals surface area contributed by atoms with Crippen LogP contribution in [-0.4, -0.2) is 4.98 Å². The van der Waals surface area contributed by atoms with Crippen molar-refractivity contribution < 1.29 is 13.5 Å². The summed E-state index contributed by atoms with van der Waals surface area (Å²) in [6.07, 6.45) is 0. The van der Waals surface area contributed by atoms with Gasteiger partial charge in [-0.25, -0.2) is 8.78 Å². The summed E-state index contributed by atoms with van der Waals surface area (Å²) in [5.74, 6) is -1.82. The molecule has 3 nitrogen and oxygen atoms in total. The van der Waals surface area contributed by atoms with Gasteiger partial charge in [0.1, 0.15) is 5.75 Å². The molecule has 0 saturated heterocycles. The zero-order valence-electron chi connectivity index (χ0n) is 10.7. The summed E-state index contributed by atoms with van der Waals surface area (Å²) in [5.41, 5.74) is 6.22. The molecule has 5 heteroatoms. The molecule has 0 spiro atoms. The molecule has 0 aliphatic rings. The van der Waals surface area contributed by atoms with Crippen LogP contribution in [0.1, 0.15) is 25.3 Å². The van der Waals surface area contributed by atoms with Crippen LogP contribution in [0.25, 0.3) is 0 Å². The number of nitrogens with two attached hydrogens (primary N) is 1. The topological polar surface area (TPSA) is 48.1 Å². The van der Waals surface area contributed by atoms with Crippen LogP contribution in [0.4, 0.5) is 14.6 Å². The molecule has 2 N–H and O–H groups in total. The van der Waals surface area contributed by atoms with Crippen molar-refractivity contribution >= 4 is 5.82 Å².